The van der Waals surface area contributed by atoms with E-state index in [1.165, 1.54) is 0 Å². The number of hydrogen-bond acceptors (Lipinski definition) is 2. The monoisotopic (exact) mass is 159 g/mol. The van der Waals surface area contributed by atoms with E-state index in [9.17, 15) is 0 Å². The minimum atomic E-state index is -0.131. The molecule has 0 aromatic carbocycles. The molecule has 11 heavy (non-hydrogen) atoms. The van der Waals surface area contributed by atoms with Crippen LogP contribution in [0.1, 0.15) is 34.6 Å². The third-order valence-electron chi connectivity index (χ3n) is 2.22. The SMILES string of the molecule is CC(C)NC(C)(CO)C(C)C. The lowest BCUT2D eigenvalue weighted by molar-refractivity contribution is 0.124. The molecule has 0 rings (SSSR count). The van der Waals surface area contributed by atoms with Gasteiger partial charge in [-0.15, -0.1) is 0 Å². The zero-order valence-corrected chi connectivity index (χ0v) is 8.31. The summed E-state index contributed by atoms with van der Waals surface area (Å²) in [6, 6.07) is 0.426. The second-order valence-corrected chi connectivity index (χ2v) is 4.03. The first-order chi connectivity index (χ1) is 4.92. The Hall–Kier alpha value is -0.0800. The first-order valence-electron chi connectivity index (χ1n) is 4.31. The summed E-state index contributed by atoms with van der Waals surface area (Å²) in [7, 11) is 0. The van der Waals surface area contributed by atoms with Gasteiger partial charge >= 0.3 is 0 Å². The lowest BCUT2D eigenvalue weighted by Gasteiger charge is -2.35. The first-order valence-corrected chi connectivity index (χ1v) is 4.31. The Balaban J connectivity index is 4.10. The molecule has 0 amide bonds. The molecule has 0 bridgehead atoms. The molecule has 0 heterocycles. The Morgan fingerprint density at radius 3 is 1.82 bits per heavy atom. The summed E-state index contributed by atoms with van der Waals surface area (Å²) in [5, 5.41) is 12.5. The molecule has 2 nitrogen and oxygen atoms in total. The fraction of sp³-hybridized carbons (Fsp3) is 1.00. The summed E-state index contributed by atoms with van der Waals surface area (Å²) in [5.74, 6) is 0.454. The van der Waals surface area contributed by atoms with Gasteiger partial charge in [0.15, 0.2) is 0 Å². The van der Waals surface area contributed by atoms with E-state index in [1.54, 1.807) is 0 Å². The Kier molecular flexibility index (Phi) is 4.04. The van der Waals surface area contributed by atoms with Gasteiger partial charge in [0, 0.05) is 11.6 Å². The van der Waals surface area contributed by atoms with Gasteiger partial charge in [0.1, 0.15) is 0 Å². The van der Waals surface area contributed by atoms with Gasteiger partial charge in [-0.3, -0.25) is 0 Å². The summed E-state index contributed by atoms with van der Waals surface area (Å²) in [6.07, 6.45) is 0. The highest BCUT2D eigenvalue weighted by Gasteiger charge is 2.27. The van der Waals surface area contributed by atoms with Gasteiger partial charge in [0.05, 0.1) is 6.61 Å². The Morgan fingerprint density at radius 2 is 1.73 bits per heavy atom. The molecule has 0 aromatic rings. The van der Waals surface area contributed by atoms with E-state index < -0.39 is 0 Å². The van der Waals surface area contributed by atoms with Crippen molar-refractivity contribution in [2.45, 2.75) is 46.2 Å². The van der Waals surface area contributed by atoms with Gasteiger partial charge in [0.25, 0.3) is 0 Å². The van der Waals surface area contributed by atoms with E-state index in [0.717, 1.165) is 0 Å². The number of aliphatic hydroxyl groups is 1. The molecule has 2 N–H and O–H groups in total. The predicted octanol–water partition coefficient (Wildman–Crippen LogP) is 1.39. The largest absolute Gasteiger partial charge is 0.394 e. The molecule has 0 saturated carbocycles. The molecular formula is C9H21NO. The van der Waals surface area contributed by atoms with Crippen LogP contribution in [0.25, 0.3) is 0 Å². The van der Waals surface area contributed by atoms with Crippen molar-refractivity contribution >= 4 is 0 Å². The van der Waals surface area contributed by atoms with Crippen molar-refractivity contribution in [3.8, 4) is 0 Å². The Bertz CT molecular complexity index is 112. The van der Waals surface area contributed by atoms with Gasteiger partial charge in [-0.05, 0) is 12.8 Å². The van der Waals surface area contributed by atoms with Crippen LogP contribution in [0.5, 0.6) is 0 Å². The summed E-state index contributed by atoms with van der Waals surface area (Å²) in [4.78, 5) is 0. The summed E-state index contributed by atoms with van der Waals surface area (Å²) in [6.45, 7) is 10.7. The quantitative estimate of drug-likeness (QED) is 0.649. The van der Waals surface area contributed by atoms with Gasteiger partial charge in [-0.2, -0.15) is 0 Å². The van der Waals surface area contributed by atoms with Crippen molar-refractivity contribution in [3.05, 3.63) is 0 Å². The topological polar surface area (TPSA) is 32.3 Å². The maximum Gasteiger partial charge on any atom is 0.0613 e. The van der Waals surface area contributed by atoms with Gasteiger partial charge < -0.3 is 10.4 Å². The Labute approximate surface area is 70.0 Å². The maximum atomic E-state index is 9.14. The minimum Gasteiger partial charge on any atom is -0.394 e. The number of nitrogens with one attached hydrogen (secondary N) is 1. The van der Waals surface area contributed by atoms with Crippen molar-refractivity contribution < 1.29 is 5.11 Å². The van der Waals surface area contributed by atoms with E-state index in [1.807, 2.05) is 0 Å². The number of aliphatic hydroxyl groups excluding tert-OH is 1. The van der Waals surface area contributed by atoms with E-state index in [0.29, 0.717) is 12.0 Å². The maximum absolute atomic E-state index is 9.14. The highest BCUT2D eigenvalue weighted by atomic mass is 16.3. The van der Waals surface area contributed by atoms with Gasteiger partial charge in [0.2, 0.25) is 0 Å². The molecule has 68 valence electrons. The third kappa shape index (κ3) is 3.21. The van der Waals surface area contributed by atoms with Crippen LogP contribution < -0.4 is 5.32 Å². The fourth-order valence-electron chi connectivity index (χ4n) is 1.05. The highest BCUT2D eigenvalue weighted by Crippen LogP contribution is 2.15. The molecule has 0 aliphatic rings. The molecule has 0 aromatic heterocycles. The smallest absolute Gasteiger partial charge is 0.0613 e. The molecule has 0 aliphatic carbocycles. The van der Waals surface area contributed by atoms with Gasteiger partial charge in [-0.1, -0.05) is 27.7 Å². The van der Waals surface area contributed by atoms with Crippen LogP contribution in [0.15, 0.2) is 0 Å². The van der Waals surface area contributed by atoms with Crippen LogP contribution in [-0.2, 0) is 0 Å². The molecular weight excluding hydrogens is 138 g/mol. The van der Waals surface area contributed by atoms with Crippen LogP contribution in [0.4, 0.5) is 0 Å². The minimum absolute atomic E-state index is 0.131. The zero-order chi connectivity index (χ0) is 9.07. The van der Waals surface area contributed by atoms with E-state index in [-0.39, 0.29) is 12.1 Å². The molecule has 0 aliphatic heterocycles. The van der Waals surface area contributed by atoms with Crippen LogP contribution in [-0.4, -0.2) is 23.3 Å². The van der Waals surface area contributed by atoms with Crippen molar-refractivity contribution in [3.63, 3.8) is 0 Å². The van der Waals surface area contributed by atoms with Gasteiger partial charge in [-0.25, -0.2) is 0 Å². The molecule has 0 fully saturated rings. The van der Waals surface area contributed by atoms with Crippen LogP contribution in [0.3, 0.4) is 0 Å². The molecule has 0 radical (unpaired) electrons. The molecule has 0 spiro atoms. The zero-order valence-electron chi connectivity index (χ0n) is 8.31. The van der Waals surface area contributed by atoms with Crippen molar-refractivity contribution in [2.75, 3.05) is 6.61 Å². The summed E-state index contributed by atoms with van der Waals surface area (Å²) in [5.41, 5.74) is -0.131. The van der Waals surface area contributed by atoms with Crippen LogP contribution >= 0.6 is 0 Å². The van der Waals surface area contributed by atoms with Crippen molar-refractivity contribution in [2.24, 2.45) is 5.92 Å². The Morgan fingerprint density at radius 1 is 1.27 bits per heavy atom. The number of hydrogen-bond donors (Lipinski definition) is 2. The van der Waals surface area contributed by atoms with E-state index >= 15 is 0 Å². The average molecular weight is 159 g/mol. The second-order valence-electron chi connectivity index (χ2n) is 4.03. The van der Waals surface area contributed by atoms with Crippen LogP contribution in [0.2, 0.25) is 0 Å². The normalized spacial score (nSPS) is 17.5. The molecule has 1 atom stereocenters. The highest BCUT2D eigenvalue weighted by molar-refractivity contribution is 4.86. The summed E-state index contributed by atoms with van der Waals surface area (Å²) < 4.78 is 0. The third-order valence-corrected chi connectivity index (χ3v) is 2.22. The first kappa shape index (κ1) is 10.9. The molecule has 0 saturated heterocycles. The van der Waals surface area contributed by atoms with E-state index in [4.69, 9.17) is 5.11 Å². The predicted molar refractivity (Wildman–Crippen MR) is 48.6 cm³/mol. The summed E-state index contributed by atoms with van der Waals surface area (Å²) >= 11 is 0. The lowest BCUT2D eigenvalue weighted by Crippen LogP contribution is -2.52. The molecule has 2 heteroatoms. The van der Waals surface area contributed by atoms with E-state index in [2.05, 4.69) is 39.9 Å². The fourth-order valence-corrected chi connectivity index (χ4v) is 1.05. The van der Waals surface area contributed by atoms with Crippen LogP contribution in [0, 0.1) is 5.92 Å². The molecule has 1 unspecified atom stereocenters. The van der Waals surface area contributed by atoms with Crippen molar-refractivity contribution in [1.29, 1.82) is 0 Å². The lowest BCUT2D eigenvalue weighted by atomic mass is 9.89. The van der Waals surface area contributed by atoms with Crippen molar-refractivity contribution in [1.82, 2.24) is 5.32 Å². The average Bonchev–Trinajstić information content (AvgIpc) is 1.86. The second kappa shape index (κ2) is 4.07. The standard InChI is InChI=1S/C9H21NO/c1-7(2)9(5,6-11)10-8(3)4/h7-8,10-11H,6H2,1-5H3. The number of rotatable bonds is 4.